The van der Waals surface area contributed by atoms with Crippen LogP contribution < -0.4 is 21.9 Å². The number of hydrogen-bond acceptors (Lipinski definition) is 0. The fourth-order valence-electron chi connectivity index (χ4n) is 8.30. The molecule has 4 aromatic rings. The Hall–Kier alpha value is -2.99. The molecular weight excluding hydrogens is 574 g/mol. The topological polar surface area (TPSA) is 0 Å². The van der Waals surface area contributed by atoms with E-state index in [9.17, 15) is 0 Å². The van der Waals surface area contributed by atoms with E-state index in [1.807, 2.05) is 0 Å². The molecule has 0 N–H and O–H groups in total. The molecule has 0 aliphatic carbocycles. The molecule has 0 aromatic heterocycles. The highest BCUT2D eigenvalue weighted by Gasteiger charge is 2.39. The Kier molecular flexibility index (Phi) is 8.58. The first kappa shape index (κ1) is 34.9. The maximum atomic E-state index is 2.56. The number of hydrogen-bond donors (Lipinski definition) is 0. The largest absolute Gasteiger partial charge is 0.211 e. The minimum atomic E-state index is 0.130. The predicted octanol–water partition coefficient (Wildman–Crippen LogP) is 10.0. The van der Waals surface area contributed by atoms with Gasteiger partial charge in [-0.25, -0.2) is 0 Å². The van der Waals surface area contributed by atoms with Crippen molar-refractivity contribution in [3.05, 3.63) is 95.1 Å². The van der Waals surface area contributed by atoms with Gasteiger partial charge in [-0.2, -0.15) is 0 Å². The molecule has 4 aromatic carbocycles. The van der Waals surface area contributed by atoms with Gasteiger partial charge < -0.3 is 0 Å². The molecule has 0 radical (unpaired) electrons. The third-order valence-corrected chi connectivity index (χ3v) is 11.9. The van der Waals surface area contributed by atoms with Crippen molar-refractivity contribution in [2.24, 2.45) is 11.8 Å². The second kappa shape index (κ2) is 11.8. The van der Waals surface area contributed by atoms with E-state index < -0.39 is 0 Å². The molecule has 2 heterocycles. The Bertz CT molecular complexity index is 1580. The molecule has 0 bridgehead atoms. The lowest BCUT2D eigenvalue weighted by Gasteiger charge is -2.27. The van der Waals surface area contributed by atoms with E-state index in [0.717, 1.165) is 0 Å². The van der Waals surface area contributed by atoms with E-state index in [-0.39, 0.29) is 21.7 Å². The quantitative estimate of drug-likeness (QED) is 0.192. The molecule has 2 atom stereocenters. The zero-order valence-corrected chi connectivity index (χ0v) is 32.7. The van der Waals surface area contributed by atoms with Crippen molar-refractivity contribution in [3.63, 3.8) is 0 Å². The van der Waals surface area contributed by atoms with Crippen molar-refractivity contribution in [1.29, 1.82) is 0 Å². The minimum Gasteiger partial charge on any atom is -0.0662 e. The highest BCUT2D eigenvalue weighted by molar-refractivity contribution is 6.90. The summed E-state index contributed by atoms with van der Waals surface area (Å²) in [5.41, 5.74) is 18.3. The Morgan fingerprint density at radius 2 is 0.583 bits per heavy atom. The summed E-state index contributed by atoms with van der Waals surface area (Å²) in [6, 6.07) is 29.4. The van der Waals surface area contributed by atoms with Gasteiger partial charge in [0.25, 0.3) is 0 Å². The van der Waals surface area contributed by atoms with Gasteiger partial charge in [0.1, 0.15) is 0 Å². The van der Waals surface area contributed by atoms with Crippen LogP contribution in [0.1, 0.15) is 119 Å². The zero-order valence-electron chi connectivity index (χ0n) is 32.7. The van der Waals surface area contributed by atoms with E-state index in [2.05, 4.69) is 170 Å². The summed E-state index contributed by atoms with van der Waals surface area (Å²) in [5.74, 6) is 1.16. The van der Waals surface area contributed by atoms with Gasteiger partial charge in [0.15, 0.2) is 0 Å². The number of rotatable bonds is 5. The van der Waals surface area contributed by atoms with Crippen molar-refractivity contribution >= 4 is 35.3 Å². The molecule has 0 fully saturated rings. The number of benzene rings is 4. The smallest absolute Gasteiger partial charge is 0.0662 e. The van der Waals surface area contributed by atoms with Crippen LogP contribution in [0.15, 0.2) is 72.8 Å². The SMILES string of the molecule is CC(CB1c2cc(C(C)(C)C)ccc2-c2ccc(C(C)(C)C)cc21)C(C)CB1c2cc(C(C)(C)C)ccc2-c2ccc(C(C)(C)C)cc21. The average Bonchev–Trinajstić information content (AvgIpc) is 3.46. The fraction of sp³-hybridized carbons (Fsp3) is 0.478. The van der Waals surface area contributed by atoms with Gasteiger partial charge in [-0.05, 0) is 78.0 Å². The molecule has 6 rings (SSSR count). The van der Waals surface area contributed by atoms with E-state index in [0.29, 0.717) is 25.3 Å². The second-order valence-electron chi connectivity index (χ2n) is 19.7. The van der Waals surface area contributed by atoms with Crippen LogP contribution in [0.25, 0.3) is 22.3 Å². The first-order valence-corrected chi connectivity index (χ1v) is 18.7. The lowest BCUT2D eigenvalue weighted by molar-refractivity contribution is 0.453. The van der Waals surface area contributed by atoms with Crippen LogP contribution in [0.3, 0.4) is 0 Å². The van der Waals surface area contributed by atoms with E-state index in [1.165, 1.54) is 57.1 Å². The summed E-state index contributed by atoms with van der Waals surface area (Å²) in [5, 5.41) is 0. The van der Waals surface area contributed by atoms with Crippen LogP contribution >= 0.6 is 0 Å². The van der Waals surface area contributed by atoms with Gasteiger partial charge in [0, 0.05) is 0 Å². The Labute approximate surface area is 294 Å². The van der Waals surface area contributed by atoms with Crippen LogP contribution in [-0.2, 0) is 21.7 Å². The molecule has 0 saturated heterocycles. The van der Waals surface area contributed by atoms with Crippen LogP contribution in [0.4, 0.5) is 0 Å². The van der Waals surface area contributed by atoms with Gasteiger partial charge >= 0.3 is 0 Å². The fourth-order valence-corrected chi connectivity index (χ4v) is 8.30. The van der Waals surface area contributed by atoms with Crippen LogP contribution in [0.2, 0.25) is 12.6 Å². The molecule has 0 spiro atoms. The molecule has 2 aliphatic rings. The van der Waals surface area contributed by atoms with Crippen molar-refractivity contribution < 1.29 is 0 Å². The van der Waals surface area contributed by atoms with Crippen molar-refractivity contribution in [2.45, 2.75) is 131 Å². The molecule has 2 unspecified atom stereocenters. The zero-order chi connectivity index (χ0) is 35.1. The molecule has 2 aliphatic heterocycles. The summed E-state index contributed by atoms with van der Waals surface area (Å²) in [6.07, 6.45) is 2.36. The van der Waals surface area contributed by atoms with Gasteiger partial charge in [0.05, 0.1) is 0 Å². The van der Waals surface area contributed by atoms with Gasteiger partial charge in [-0.15, -0.1) is 0 Å². The first-order valence-electron chi connectivity index (χ1n) is 18.7. The standard InChI is InChI=1S/C46H60B2/c1-29(27-47-39-23-31(43(3,4)5)15-19-35(39)36-20-16-32(24-40(36)47)44(6,7)8)30(2)28-48-41-25-33(45(9,10)11)17-21-37(41)38-22-18-34(26-42(38)48)46(12,13)14/h15-26,29-30H,27-28H2,1-14H3. The lowest BCUT2D eigenvalue weighted by atomic mass is 9.35. The number of fused-ring (bicyclic) bond motifs is 6. The van der Waals surface area contributed by atoms with Gasteiger partial charge in [-0.1, -0.05) is 204 Å². The molecule has 0 saturated carbocycles. The van der Waals surface area contributed by atoms with E-state index in [1.54, 1.807) is 21.9 Å². The maximum Gasteiger partial charge on any atom is 0.211 e. The molecule has 0 nitrogen and oxygen atoms in total. The average molecular weight is 635 g/mol. The third kappa shape index (κ3) is 6.39. The summed E-state index contributed by atoms with van der Waals surface area (Å²) < 4.78 is 0. The molecular formula is C46H60B2. The Morgan fingerprint density at radius 1 is 0.375 bits per heavy atom. The summed E-state index contributed by atoms with van der Waals surface area (Å²) in [7, 11) is 0. The van der Waals surface area contributed by atoms with E-state index in [4.69, 9.17) is 0 Å². The van der Waals surface area contributed by atoms with Crippen LogP contribution in [0.5, 0.6) is 0 Å². The summed E-state index contributed by atoms with van der Waals surface area (Å²) in [6.45, 7) is 34.1. The first-order chi connectivity index (χ1) is 22.1. The lowest BCUT2D eigenvalue weighted by Crippen LogP contribution is -2.43. The normalized spacial score (nSPS) is 15.6. The van der Waals surface area contributed by atoms with Crippen molar-refractivity contribution in [1.82, 2.24) is 0 Å². The molecule has 2 heteroatoms. The van der Waals surface area contributed by atoms with Gasteiger partial charge in [-0.3, -0.25) is 0 Å². The highest BCUT2D eigenvalue weighted by Crippen LogP contribution is 2.36. The Morgan fingerprint density at radius 3 is 0.771 bits per heavy atom. The van der Waals surface area contributed by atoms with Crippen molar-refractivity contribution in [3.8, 4) is 22.3 Å². The minimum absolute atomic E-state index is 0.130. The third-order valence-electron chi connectivity index (χ3n) is 11.9. The molecule has 250 valence electrons. The molecule has 0 amide bonds. The van der Waals surface area contributed by atoms with Crippen molar-refractivity contribution in [2.75, 3.05) is 0 Å². The van der Waals surface area contributed by atoms with Crippen LogP contribution in [0, 0.1) is 11.8 Å². The summed E-state index contributed by atoms with van der Waals surface area (Å²) >= 11 is 0. The highest BCUT2D eigenvalue weighted by atomic mass is 14.3. The van der Waals surface area contributed by atoms with E-state index >= 15 is 0 Å². The summed E-state index contributed by atoms with van der Waals surface area (Å²) in [4.78, 5) is 0. The molecule has 48 heavy (non-hydrogen) atoms. The Balaban J connectivity index is 1.37. The monoisotopic (exact) mass is 634 g/mol. The second-order valence-corrected chi connectivity index (χ2v) is 19.7. The van der Waals surface area contributed by atoms with Crippen LogP contribution in [-0.4, -0.2) is 13.4 Å². The maximum absolute atomic E-state index is 2.56. The predicted molar refractivity (Wildman–Crippen MR) is 217 cm³/mol. The van der Waals surface area contributed by atoms with Gasteiger partial charge in [0.2, 0.25) is 13.4 Å².